The van der Waals surface area contributed by atoms with Crippen molar-refractivity contribution in [2.75, 3.05) is 24.6 Å². The first-order chi connectivity index (χ1) is 12.5. The minimum atomic E-state index is -0.452. The van der Waals surface area contributed by atoms with Gasteiger partial charge in [0, 0.05) is 5.92 Å². The van der Waals surface area contributed by atoms with Crippen LogP contribution in [0.1, 0.15) is 32.6 Å². The van der Waals surface area contributed by atoms with Crippen LogP contribution in [0.4, 0.5) is 5.69 Å². The summed E-state index contributed by atoms with van der Waals surface area (Å²) in [5, 5.41) is 0. The second-order valence-electron chi connectivity index (χ2n) is 6.84. The van der Waals surface area contributed by atoms with E-state index in [9.17, 15) is 14.4 Å². The van der Waals surface area contributed by atoms with E-state index in [1.165, 1.54) is 4.90 Å². The van der Waals surface area contributed by atoms with Crippen LogP contribution >= 0.6 is 0 Å². The molecule has 2 fully saturated rings. The summed E-state index contributed by atoms with van der Waals surface area (Å²) in [6.45, 7) is 3.87. The maximum Gasteiger partial charge on any atom is 0.251 e. The van der Waals surface area contributed by atoms with Crippen molar-refractivity contribution < 1.29 is 19.1 Å². The van der Waals surface area contributed by atoms with E-state index in [2.05, 4.69) is 0 Å². The third-order valence-corrected chi connectivity index (χ3v) is 5.06. The Bertz CT molecular complexity index is 681. The highest BCUT2D eigenvalue weighted by Crippen LogP contribution is 2.29. The van der Waals surface area contributed by atoms with Gasteiger partial charge in [-0.25, -0.2) is 4.90 Å². The van der Waals surface area contributed by atoms with Gasteiger partial charge in [0.1, 0.15) is 5.75 Å². The van der Waals surface area contributed by atoms with Gasteiger partial charge in [0.15, 0.2) is 0 Å². The molecule has 2 heterocycles. The van der Waals surface area contributed by atoms with Crippen LogP contribution in [0.2, 0.25) is 0 Å². The van der Waals surface area contributed by atoms with E-state index in [1.807, 2.05) is 11.8 Å². The van der Waals surface area contributed by atoms with Gasteiger partial charge in [-0.05, 0) is 56.6 Å². The molecular formula is C19H25N3O4. The van der Waals surface area contributed by atoms with Crippen LogP contribution in [0.3, 0.4) is 0 Å². The van der Waals surface area contributed by atoms with Gasteiger partial charge in [-0.1, -0.05) is 6.92 Å². The zero-order valence-corrected chi connectivity index (χ0v) is 15.0. The summed E-state index contributed by atoms with van der Waals surface area (Å²) in [6.07, 6.45) is 2.36. The SMILES string of the molecule is CCCOc1ccc(N2C(=O)C[C@@H](N3CCC(C(N)=O)CC3)C2=O)cc1. The van der Waals surface area contributed by atoms with Gasteiger partial charge < -0.3 is 10.5 Å². The minimum Gasteiger partial charge on any atom is -0.494 e. The number of ether oxygens (including phenoxy) is 1. The van der Waals surface area contributed by atoms with Crippen LogP contribution < -0.4 is 15.4 Å². The maximum absolute atomic E-state index is 12.8. The van der Waals surface area contributed by atoms with Crippen molar-refractivity contribution in [3.8, 4) is 5.75 Å². The van der Waals surface area contributed by atoms with Crippen molar-refractivity contribution in [2.24, 2.45) is 11.7 Å². The molecule has 0 aromatic heterocycles. The number of hydrogen-bond acceptors (Lipinski definition) is 5. The largest absolute Gasteiger partial charge is 0.494 e. The molecule has 26 heavy (non-hydrogen) atoms. The summed E-state index contributed by atoms with van der Waals surface area (Å²) < 4.78 is 5.54. The van der Waals surface area contributed by atoms with E-state index in [1.54, 1.807) is 24.3 Å². The number of hydrogen-bond donors (Lipinski definition) is 1. The minimum absolute atomic E-state index is 0.134. The Kier molecular flexibility index (Phi) is 5.56. The Morgan fingerprint density at radius 3 is 2.42 bits per heavy atom. The van der Waals surface area contributed by atoms with Crippen molar-refractivity contribution in [1.82, 2.24) is 4.90 Å². The maximum atomic E-state index is 12.8. The second-order valence-corrected chi connectivity index (χ2v) is 6.84. The van der Waals surface area contributed by atoms with Crippen LogP contribution in [-0.4, -0.2) is 48.4 Å². The summed E-state index contributed by atoms with van der Waals surface area (Å²) >= 11 is 0. The van der Waals surface area contributed by atoms with Crippen LogP contribution in [0, 0.1) is 5.92 Å². The molecule has 0 spiro atoms. The predicted octanol–water partition coefficient (Wildman–Crippen LogP) is 1.30. The van der Waals surface area contributed by atoms with Crippen LogP contribution in [0.25, 0.3) is 0 Å². The van der Waals surface area contributed by atoms with E-state index >= 15 is 0 Å². The molecule has 1 atom stereocenters. The first kappa shape index (κ1) is 18.4. The number of nitrogens with zero attached hydrogens (tertiary/aromatic N) is 2. The number of carbonyl (C=O) groups is 3. The molecule has 0 unspecified atom stereocenters. The first-order valence-corrected chi connectivity index (χ1v) is 9.14. The lowest BCUT2D eigenvalue weighted by Gasteiger charge is -2.33. The molecule has 140 valence electrons. The lowest BCUT2D eigenvalue weighted by Crippen LogP contribution is -2.47. The summed E-state index contributed by atoms with van der Waals surface area (Å²) in [4.78, 5) is 39.8. The van der Waals surface area contributed by atoms with Gasteiger partial charge in [0.05, 0.1) is 24.8 Å². The Labute approximate surface area is 153 Å². The highest BCUT2D eigenvalue weighted by Gasteiger charge is 2.43. The van der Waals surface area contributed by atoms with Gasteiger partial charge in [-0.15, -0.1) is 0 Å². The number of rotatable bonds is 6. The first-order valence-electron chi connectivity index (χ1n) is 9.14. The molecular weight excluding hydrogens is 334 g/mol. The fourth-order valence-electron chi connectivity index (χ4n) is 3.58. The molecule has 2 aliphatic rings. The molecule has 0 radical (unpaired) electrons. The van der Waals surface area contributed by atoms with Crippen molar-refractivity contribution in [1.29, 1.82) is 0 Å². The molecule has 3 rings (SSSR count). The Hall–Kier alpha value is -2.41. The highest BCUT2D eigenvalue weighted by atomic mass is 16.5. The van der Waals surface area contributed by atoms with E-state index < -0.39 is 6.04 Å². The zero-order chi connectivity index (χ0) is 18.7. The molecule has 0 bridgehead atoms. The number of primary amides is 1. The van der Waals surface area contributed by atoms with E-state index in [4.69, 9.17) is 10.5 Å². The second kappa shape index (κ2) is 7.86. The average Bonchev–Trinajstić information content (AvgIpc) is 2.95. The van der Waals surface area contributed by atoms with E-state index in [0.29, 0.717) is 38.2 Å². The Balaban J connectivity index is 1.66. The zero-order valence-electron chi connectivity index (χ0n) is 15.0. The highest BCUT2D eigenvalue weighted by molar-refractivity contribution is 6.22. The monoisotopic (exact) mass is 359 g/mol. The molecule has 2 aliphatic heterocycles. The number of imide groups is 1. The van der Waals surface area contributed by atoms with Gasteiger partial charge in [0.2, 0.25) is 11.8 Å². The topological polar surface area (TPSA) is 92.9 Å². The quantitative estimate of drug-likeness (QED) is 0.773. The average molecular weight is 359 g/mol. The Morgan fingerprint density at radius 2 is 1.85 bits per heavy atom. The molecule has 1 aromatic carbocycles. The third kappa shape index (κ3) is 3.72. The molecule has 3 amide bonds. The fraction of sp³-hybridized carbons (Fsp3) is 0.526. The molecule has 1 aromatic rings. The van der Waals surface area contributed by atoms with Crippen LogP contribution in [-0.2, 0) is 14.4 Å². The van der Waals surface area contributed by atoms with E-state index in [0.717, 1.165) is 12.2 Å². The number of benzene rings is 1. The van der Waals surface area contributed by atoms with Gasteiger partial charge in [0.25, 0.3) is 5.91 Å². The summed E-state index contributed by atoms with van der Waals surface area (Å²) in [6, 6.07) is 6.58. The third-order valence-electron chi connectivity index (χ3n) is 5.06. The predicted molar refractivity (Wildman–Crippen MR) is 96.6 cm³/mol. The lowest BCUT2D eigenvalue weighted by molar-refractivity contribution is -0.124. The standard InChI is InChI=1S/C19H25N3O4/c1-2-11-26-15-5-3-14(4-6-15)22-17(23)12-16(19(22)25)21-9-7-13(8-10-21)18(20)24/h3-6,13,16H,2,7-12H2,1H3,(H2,20,24)/t16-/m1/s1. The molecule has 0 aliphatic carbocycles. The van der Waals surface area contributed by atoms with Gasteiger partial charge >= 0.3 is 0 Å². The Morgan fingerprint density at radius 1 is 1.19 bits per heavy atom. The van der Waals surface area contributed by atoms with Crippen molar-refractivity contribution in [3.63, 3.8) is 0 Å². The van der Waals surface area contributed by atoms with E-state index in [-0.39, 0.29) is 30.1 Å². The van der Waals surface area contributed by atoms with Crippen molar-refractivity contribution in [3.05, 3.63) is 24.3 Å². The lowest BCUT2D eigenvalue weighted by atomic mass is 9.95. The number of likely N-dealkylation sites (tertiary alicyclic amines) is 1. The summed E-state index contributed by atoms with van der Waals surface area (Å²) in [5.74, 6) is -0.0931. The molecule has 0 saturated carbocycles. The number of piperidine rings is 1. The van der Waals surface area contributed by atoms with Gasteiger partial charge in [-0.2, -0.15) is 0 Å². The number of nitrogens with two attached hydrogens (primary N) is 1. The summed E-state index contributed by atoms with van der Waals surface area (Å²) in [5.41, 5.74) is 5.93. The van der Waals surface area contributed by atoms with Gasteiger partial charge in [-0.3, -0.25) is 19.3 Å². The number of amides is 3. The number of carbonyl (C=O) groups excluding carboxylic acids is 3. The number of anilines is 1. The molecule has 2 saturated heterocycles. The van der Waals surface area contributed by atoms with Crippen LogP contribution in [0.5, 0.6) is 5.75 Å². The smallest absolute Gasteiger partial charge is 0.251 e. The normalized spacial score (nSPS) is 22.0. The molecule has 7 nitrogen and oxygen atoms in total. The van der Waals surface area contributed by atoms with Crippen LogP contribution in [0.15, 0.2) is 24.3 Å². The fourth-order valence-corrected chi connectivity index (χ4v) is 3.58. The van der Waals surface area contributed by atoms with Crippen molar-refractivity contribution in [2.45, 2.75) is 38.6 Å². The molecule has 7 heteroatoms. The van der Waals surface area contributed by atoms with Crippen molar-refractivity contribution >= 4 is 23.4 Å². The molecule has 2 N–H and O–H groups in total. The summed E-state index contributed by atoms with van der Waals surface area (Å²) in [7, 11) is 0.